The van der Waals surface area contributed by atoms with Crippen LogP contribution in [-0.2, 0) is 6.54 Å². The summed E-state index contributed by atoms with van der Waals surface area (Å²) < 4.78 is 6.03. The second-order valence-corrected chi connectivity index (χ2v) is 5.51. The zero-order valence-corrected chi connectivity index (χ0v) is 13.1. The molecule has 0 aliphatic heterocycles. The summed E-state index contributed by atoms with van der Waals surface area (Å²) >= 11 is 0. The van der Waals surface area contributed by atoms with Gasteiger partial charge in [-0.1, -0.05) is 19.9 Å². The Morgan fingerprint density at radius 1 is 1.24 bits per heavy atom. The minimum atomic E-state index is 0.426. The lowest BCUT2D eigenvalue weighted by atomic mass is 10.2. The van der Waals surface area contributed by atoms with Crippen LogP contribution in [-0.4, -0.2) is 25.1 Å². The minimum absolute atomic E-state index is 0.426. The van der Waals surface area contributed by atoms with Gasteiger partial charge in [-0.2, -0.15) is 0 Å². The largest absolute Gasteiger partial charge is 0.457 e. The lowest BCUT2D eigenvalue weighted by Gasteiger charge is -2.16. The highest BCUT2D eigenvalue weighted by atomic mass is 16.5. The number of aromatic nitrogens is 1. The van der Waals surface area contributed by atoms with Gasteiger partial charge < -0.3 is 15.0 Å². The van der Waals surface area contributed by atoms with Gasteiger partial charge in [0.2, 0.25) is 0 Å². The van der Waals surface area contributed by atoms with Crippen molar-refractivity contribution in [1.82, 2.24) is 10.3 Å². The van der Waals surface area contributed by atoms with E-state index in [4.69, 9.17) is 4.74 Å². The molecule has 112 valence electrons. The number of rotatable bonds is 6. The fraction of sp³-hybridized carbons (Fsp3) is 0.353. The summed E-state index contributed by atoms with van der Waals surface area (Å²) in [4.78, 5) is 6.24. The lowest BCUT2D eigenvalue weighted by Crippen LogP contribution is -2.22. The topological polar surface area (TPSA) is 37.4 Å². The van der Waals surface area contributed by atoms with Gasteiger partial charge in [-0.05, 0) is 18.2 Å². The van der Waals surface area contributed by atoms with Gasteiger partial charge in [0, 0.05) is 56.4 Å². The van der Waals surface area contributed by atoms with E-state index in [1.807, 2.05) is 44.6 Å². The van der Waals surface area contributed by atoms with Crippen molar-refractivity contribution in [2.45, 2.75) is 26.4 Å². The van der Waals surface area contributed by atoms with Crippen LogP contribution in [0.15, 0.2) is 42.7 Å². The molecule has 0 fully saturated rings. The van der Waals surface area contributed by atoms with E-state index in [-0.39, 0.29) is 0 Å². The zero-order valence-electron chi connectivity index (χ0n) is 13.1. The van der Waals surface area contributed by atoms with Crippen molar-refractivity contribution in [2.24, 2.45) is 0 Å². The van der Waals surface area contributed by atoms with Crippen molar-refractivity contribution in [2.75, 3.05) is 19.0 Å². The average Bonchev–Trinajstić information content (AvgIpc) is 2.46. The highest BCUT2D eigenvalue weighted by Gasteiger charge is 2.06. The Kier molecular flexibility index (Phi) is 5.17. The number of pyridine rings is 1. The van der Waals surface area contributed by atoms with Gasteiger partial charge in [0.1, 0.15) is 11.5 Å². The molecule has 1 N–H and O–H groups in total. The van der Waals surface area contributed by atoms with Crippen molar-refractivity contribution in [3.05, 3.63) is 48.3 Å². The predicted octanol–water partition coefficient (Wildman–Crippen LogP) is 3.44. The summed E-state index contributed by atoms with van der Waals surface area (Å²) in [5, 5.41) is 3.39. The summed E-state index contributed by atoms with van der Waals surface area (Å²) in [5.74, 6) is 1.67. The highest BCUT2D eigenvalue weighted by Crippen LogP contribution is 2.27. The van der Waals surface area contributed by atoms with Crippen LogP contribution in [0.1, 0.15) is 19.4 Å². The smallest absolute Gasteiger partial charge is 0.134 e. The maximum absolute atomic E-state index is 6.03. The summed E-state index contributed by atoms with van der Waals surface area (Å²) in [5.41, 5.74) is 2.17. The molecule has 0 radical (unpaired) electrons. The summed E-state index contributed by atoms with van der Waals surface area (Å²) in [6.07, 6.45) is 3.60. The van der Waals surface area contributed by atoms with Crippen LogP contribution in [0.3, 0.4) is 0 Å². The Balaban J connectivity index is 2.17. The number of hydrogen-bond donors (Lipinski definition) is 1. The maximum atomic E-state index is 6.03. The third-order valence-corrected chi connectivity index (χ3v) is 3.12. The van der Waals surface area contributed by atoms with Crippen molar-refractivity contribution in [1.29, 1.82) is 0 Å². The predicted molar refractivity (Wildman–Crippen MR) is 87.1 cm³/mol. The van der Waals surface area contributed by atoms with Gasteiger partial charge in [0.25, 0.3) is 0 Å². The lowest BCUT2D eigenvalue weighted by molar-refractivity contribution is 0.468. The first-order valence-electron chi connectivity index (χ1n) is 7.18. The van der Waals surface area contributed by atoms with Crippen LogP contribution in [0.25, 0.3) is 0 Å². The van der Waals surface area contributed by atoms with E-state index in [2.05, 4.69) is 35.1 Å². The molecule has 1 heterocycles. The Morgan fingerprint density at radius 3 is 2.76 bits per heavy atom. The van der Waals surface area contributed by atoms with Crippen LogP contribution in [0.5, 0.6) is 11.5 Å². The first kappa shape index (κ1) is 15.3. The first-order chi connectivity index (χ1) is 10.1. The van der Waals surface area contributed by atoms with Crippen molar-refractivity contribution in [3.63, 3.8) is 0 Å². The van der Waals surface area contributed by atoms with Crippen molar-refractivity contribution < 1.29 is 4.74 Å². The molecule has 0 saturated carbocycles. The van der Waals surface area contributed by atoms with Gasteiger partial charge >= 0.3 is 0 Å². The van der Waals surface area contributed by atoms with Crippen LogP contribution >= 0.6 is 0 Å². The molecule has 0 amide bonds. The molecule has 1 aromatic carbocycles. The fourth-order valence-corrected chi connectivity index (χ4v) is 1.91. The Bertz CT molecular complexity index is 582. The number of nitrogens with zero attached hydrogens (tertiary/aromatic N) is 2. The Labute approximate surface area is 126 Å². The molecule has 21 heavy (non-hydrogen) atoms. The summed E-state index contributed by atoms with van der Waals surface area (Å²) in [6.45, 7) is 4.99. The number of anilines is 1. The van der Waals surface area contributed by atoms with Crippen LogP contribution in [0.4, 0.5) is 5.69 Å². The fourth-order valence-electron chi connectivity index (χ4n) is 1.91. The van der Waals surface area contributed by atoms with Crippen LogP contribution in [0, 0.1) is 0 Å². The molecule has 1 aromatic heterocycles. The highest BCUT2D eigenvalue weighted by molar-refractivity contribution is 5.50. The van der Waals surface area contributed by atoms with Gasteiger partial charge in [0.05, 0.1) is 0 Å². The third kappa shape index (κ3) is 4.46. The van der Waals surface area contributed by atoms with Crippen molar-refractivity contribution >= 4 is 5.69 Å². The van der Waals surface area contributed by atoms with Gasteiger partial charge in [-0.15, -0.1) is 0 Å². The molecule has 0 bridgehead atoms. The van der Waals surface area contributed by atoms with Crippen LogP contribution in [0.2, 0.25) is 0 Å². The van der Waals surface area contributed by atoms with Gasteiger partial charge in [-0.25, -0.2) is 0 Å². The Hall–Kier alpha value is -2.07. The van der Waals surface area contributed by atoms with Gasteiger partial charge in [0.15, 0.2) is 0 Å². The molecular formula is C17H23N3O. The number of benzene rings is 1. The number of nitrogens with one attached hydrogen (secondary N) is 1. The van der Waals surface area contributed by atoms with Gasteiger partial charge in [-0.3, -0.25) is 4.98 Å². The molecule has 4 nitrogen and oxygen atoms in total. The molecule has 0 aliphatic rings. The summed E-state index contributed by atoms with van der Waals surface area (Å²) in [6, 6.07) is 10.4. The van der Waals surface area contributed by atoms with E-state index in [1.165, 1.54) is 0 Å². The molecule has 2 aromatic rings. The zero-order chi connectivity index (χ0) is 15.2. The monoisotopic (exact) mass is 285 g/mol. The van der Waals surface area contributed by atoms with E-state index >= 15 is 0 Å². The molecule has 2 rings (SSSR count). The quantitative estimate of drug-likeness (QED) is 0.882. The third-order valence-electron chi connectivity index (χ3n) is 3.12. The van der Waals surface area contributed by atoms with Crippen molar-refractivity contribution in [3.8, 4) is 11.5 Å². The molecule has 0 spiro atoms. The molecule has 0 unspecified atom stereocenters. The Morgan fingerprint density at radius 2 is 2.05 bits per heavy atom. The van der Waals surface area contributed by atoms with Crippen LogP contribution < -0.4 is 15.0 Å². The maximum Gasteiger partial charge on any atom is 0.134 e. The van der Waals surface area contributed by atoms with E-state index < -0.39 is 0 Å². The normalized spacial score (nSPS) is 10.7. The minimum Gasteiger partial charge on any atom is -0.457 e. The summed E-state index contributed by atoms with van der Waals surface area (Å²) in [7, 11) is 4.03. The second-order valence-electron chi connectivity index (χ2n) is 5.51. The average molecular weight is 285 g/mol. The van der Waals surface area contributed by atoms with E-state index in [0.29, 0.717) is 6.04 Å². The number of ether oxygens (including phenoxy) is 1. The molecule has 0 aliphatic carbocycles. The SMILES string of the molecule is CC(C)NCc1cnccc1Oc1cccc(N(C)C)c1. The standard InChI is InChI=1S/C17H23N3O/c1-13(2)19-12-14-11-18-9-8-17(14)21-16-7-5-6-15(10-16)20(3)4/h5-11,13,19H,12H2,1-4H3. The molecular weight excluding hydrogens is 262 g/mol. The first-order valence-corrected chi connectivity index (χ1v) is 7.18. The van der Waals surface area contributed by atoms with E-state index in [9.17, 15) is 0 Å². The molecule has 0 atom stereocenters. The second kappa shape index (κ2) is 7.09. The van der Waals surface area contributed by atoms with E-state index in [1.54, 1.807) is 6.20 Å². The molecule has 0 saturated heterocycles. The number of hydrogen-bond acceptors (Lipinski definition) is 4. The molecule has 4 heteroatoms. The van der Waals surface area contributed by atoms with E-state index in [0.717, 1.165) is 29.3 Å².